The quantitative estimate of drug-likeness (QED) is 0.543. The lowest BCUT2D eigenvalue weighted by Gasteiger charge is -2.35. The summed E-state index contributed by atoms with van der Waals surface area (Å²) in [5.74, 6) is -2.23. The highest BCUT2D eigenvalue weighted by Gasteiger charge is 2.57. The number of hydrogen-bond acceptors (Lipinski definition) is 5. The number of halogens is 3. The molecule has 10 heteroatoms. The van der Waals surface area contributed by atoms with Crippen molar-refractivity contribution < 1.29 is 22.8 Å². The maximum atomic E-state index is 13.8. The highest BCUT2D eigenvalue weighted by molar-refractivity contribution is 6.04. The minimum absolute atomic E-state index is 0.0791. The average Bonchev–Trinajstić information content (AvgIpc) is 3.13. The Kier molecular flexibility index (Phi) is 5.55. The van der Waals surface area contributed by atoms with E-state index >= 15 is 0 Å². The SMILES string of the molecule is CC1=C(CC(=O)Nc2ccccc2N)C(=O)N2NC(C(F)(F)F)C(c3ccccc3)C2N1. The Labute approximate surface area is 182 Å². The van der Waals surface area contributed by atoms with Crippen LogP contribution in [-0.2, 0) is 9.59 Å². The van der Waals surface area contributed by atoms with Gasteiger partial charge in [-0.05, 0) is 24.6 Å². The Balaban J connectivity index is 1.59. The third kappa shape index (κ3) is 4.01. The third-order valence-corrected chi connectivity index (χ3v) is 5.66. The number of nitrogens with two attached hydrogens (primary N) is 1. The zero-order chi connectivity index (χ0) is 23.0. The van der Waals surface area contributed by atoms with E-state index in [1.165, 1.54) is 0 Å². The normalized spacial score (nSPS) is 23.1. The molecule has 2 heterocycles. The molecule has 0 radical (unpaired) electrons. The molecule has 0 spiro atoms. The number of nitrogens with zero attached hydrogens (tertiary/aromatic N) is 1. The molecule has 7 nitrogen and oxygen atoms in total. The Morgan fingerprint density at radius 2 is 1.78 bits per heavy atom. The summed E-state index contributed by atoms with van der Waals surface area (Å²) < 4.78 is 41.5. The van der Waals surface area contributed by atoms with Crippen LogP contribution in [0.1, 0.15) is 24.8 Å². The van der Waals surface area contributed by atoms with Crippen LogP contribution in [0.15, 0.2) is 65.9 Å². The molecule has 2 aliphatic heterocycles. The second-order valence-corrected chi connectivity index (χ2v) is 7.76. The number of hydrazine groups is 1. The van der Waals surface area contributed by atoms with Gasteiger partial charge in [0, 0.05) is 11.3 Å². The fraction of sp³-hybridized carbons (Fsp3) is 0.273. The number of para-hydroxylation sites is 2. The van der Waals surface area contributed by atoms with E-state index in [-0.39, 0.29) is 12.0 Å². The zero-order valence-corrected chi connectivity index (χ0v) is 17.1. The van der Waals surface area contributed by atoms with E-state index in [9.17, 15) is 22.8 Å². The fourth-order valence-corrected chi connectivity index (χ4v) is 4.11. The number of carbonyl (C=O) groups excluding carboxylic acids is 2. The van der Waals surface area contributed by atoms with Crippen molar-refractivity contribution in [1.82, 2.24) is 15.8 Å². The van der Waals surface area contributed by atoms with E-state index in [2.05, 4.69) is 16.1 Å². The van der Waals surface area contributed by atoms with E-state index in [1.54, 1.807) is 61.5 Å². The topological polar surface area (TPSA) is 99.5 Å². The predicted molar refractivity (Wildman–Crippen MR) is 113 cm³/mol. The molecule has 0 saturated carbocycles. The summed E-state index contributed by atoms with van der Waals surface area (Å²) in [4.78, 5) is 25.6. The first-order valence-electron chi connectivity index (χ1n) is 9.99. The van der Waals surface area contributed by atoms with Crippen molar-refractivity contribution >= 4 is 23.2 Å². The number of nitrogens with one attached hydrogen (secondary N) is 3. The van der Waals surface area contributed by atoms with Crippen molar-refractivity contribution in [3.8, 4) is 0 Å². The van der Waals surface area contributed by atoms with Gasteiger partial charge in [0.1, 0.15) is 12.2 Å². The minimum Gasteiger partial charge on any atom is -0.397 e. The number of nitrogen functional groups attached to an aromatic ring is 1. The molecule has 5 N–H and O–H groups in total. The molecular formula is C22H22F3N5O2. The highest BCUT2D eigenvalue weighted by Crippen LogP contribution is 2.41. The van der Waals surface area contributed by atoms with Crippen LogP contribution in [0.5, 0.6) is 0 Å². The number of alkyl halides is 3. The molecule has 2 aromatic rings. The summed E-state index contributed by atoms with van der Waals surface area (Å²) in [7, 11) is 0. The molecule has 0 aromatic heterocycles. The first-order chi connectivity index (χ1) is 15.2. The van der Waals surface area contributed by atoms with Crippen LogP contribution in [0.4, 0.5) is 24.5 Å². The van der Waals surface area contributed by atoms with Gasteiger partial charge in [-0.2, -0.15) is 13.2 Å². The van der Waals surface area contributed by atoms with Crippen molar-refractivity contribution in [2.24, 2.45) is 0 Å². The van der Waals surface area contributed by atoms with Gasteiger partial charge in [0.2, 0.25) is 5.91 Å². The van der Waals surface area contributed by atoms with E-state index in [1.807, 2.05) is 0 Å². The van der Waals surface area contributed by atoms with Crippen LogP contribution in [0.2, 0.25) is 0 Å². The maximum absolute atomic E-state index is 13.8. The number of hydrogen-bond donors (Lipinski definition) is 4. The fourth-order valence-electron chi connectivity index (χ4n) is 4.11. The Bertz CT molecular complexity index is 1070. The van der Waals surface area contributed by atoms with Gasteiger partial charge in [-0.3, -0.25) is 14.6 Å². The molecule has 168 valence electrons. The molecule has 4 rings (SSSR count). The second kappa shape index (κ2) is 8.19. The third-order valence-electron chi connectivity index (χ3n) is 5.66. The first kappa shape index (κ1) is 21.7. The Morgan fingerprint density at radius 3 is 2.44 bits per heavy atom. The van der Waals surface area contributed by atoms with Gasteiger partial charge in [0.05, 0.1) is 23.7 Å². The van der Waals surface area contributed by atoms with E-state index in [4.69, 9.17) is 5.73 Å². The van der Waals surface area contributed by atoms with Gasteiger partial charge < -0.3 is 16.4 Å². The van der Waals surface area contributed by atoms with Crippen LogP contribution < -0.4 is 21.8 Å². The Morgan fingerprint density at radius 1 is 1.12 bits per heavy atom. The van der Waals surface area contributed by atoms with Gasteiger partial charge in [0.25, 0.3) is 5.91 Å². The number of fused-ring (bicyclic) bond motifs is 1. The molecule has 3 unspecified atom stereocenters. The molecule has 1 saturated heterocycles. The summed E-state index contributed by atoms with van der Waals surface area (Å²) in [6, 6.07) is 12.9. The molecular weight excluding hydrogens is 423 g/mol. The number of benzene rings is 2. The van der Waals surface area contributed by atoms with Crippen LogP contribution >= 0.6 is 0 Å². The number of carbonyl (C=O) groups is 2. The highest BCUT2D eigenvalue weighted by atomic mass is 19.4. The standard InChI is InChI=1S/C22H22F3N5O2/c1-12-14(11-17(31)28-16-10-6-5-9-15(16)26)21(32)30-20(27-12)18(13-7-3-2-4-8-13)19(29-30)22(23,24)25/h2-10,18-20,27,29H,11,26H2,1H3,(H,28,31). The van der Waals surface area contributed by atoms with Crippen molar-refractivity contribution in [1.29, 1.82) is 0 Å². The van der Waals surface area contributed by atoms with Crippen LogP contribution in [0.3, 0.4) is 0 Å². The molecule has 2 amide bonds. The van der Waals surface area contributed by atoms with Crippen molar-refractivity contribution in [2.75, 3.05) is 11.1 Å². The summed E-state index contributed by atoms with van der Waals surface area (Å²) in [6.45, 7) is 1.58. The maximum Gasteiger partial charge on any atom is 0.406 e. The van der Waals surface area contributed by atoms with E-state index < -0.39 is 36.1 Å². The molecule has 1 fully saturated rings. The molecule has 2 aromatic carbocycles. The molecule has 2 aliphatic rings. The largest absolute Gasteiger partial charge is 0.406 e. The van der Waals surface area contributed by atoms with E-state index in [0.717, 1.165) is 5.01 Å². The summed E-state index contributed by atoms with van der Waals surface area (Å²) >= 11 is 0. The lowest BCUT2D eigenvalue weighted by molar-refractivity contribution is -0.161. The van der Waals surface area contributed by atoms with Crippen molar-refractivity contribution in [2.45, 2.75) is 37.6 Å². The molecule has 0 aliphatic carbocycles. The number of allylic oxidation sites excluding steroid dienone is 1. The van der Waals surface area contributed by atoms with Gasteiger partial charge >= 0.3 is 6.18 Å². The second-order valence-electron chi connectivity index (χ2n) is 7.76. The van der Waals surface area contributed by atoms with Gasteiger partial charge in [-0.25, -0.2) is 5.43 Å². The van der Waals surface area contributed by atoms with Crippen molar-refractivity contribution in [3.05, 3.63) is 71.4 Å². The van der Waals surface area contributed by atoms with Gasteiger partial charge in [-0.15, -0.1) is 0 Å². The zero-order valence-electron chi connectivity index (χ0n) is 17.1. The van der Waals surface area contributed by atoms with Crippen LogP contribution in [0.25, 0.3) is 0 Å². The first-order valence-corrected chi connectivity index (χ1v) is 9.99. The summed E-state index contributed by atoms with van der Waals surface area (Å²) in [6.07, 6.45) is -5.85. The monoisotopic (exact) mass is 445 g/mol. The van der Waals surface area contributed by atoms with Gasteiger partial charge in [0.15, 0.2) is 0 Å². The van der Waals surface area contributed by atoms with Crippen LogP contribution in [0, 0.1) is 0 Å². The smallest absolute Gasteiger partial charge is 0.397 e. The van der Waals surface area contributed by atoms with Gasteiger partial charge in [-0.1, -0.05) is 42.5 Å². The lowest BCUT2D eigenvalue weighted by Crippen LogP contribution is -2.55. The predicted octanol–water partition coefficient (Wildman–Crippen LogP) is 2.86. The Hall–Kier alpha value is -3.53. The molecule has 0 bridgehead atoms. The van der Waals surface area contributed by atoms with Crippen molar-refractivity contribution in [3.63, 3.8) is 0 Å². The lowest BCUT2D eigenvalue weighted by atomic mass is 9.89. The summed E-state index contributed by atoms with van der Waals surface area (Å²) in [5, 5.41) is 6.58. The number of amides is 2. The molecule has 3 atom stereocenters. The number of rotatable bonds is 4. The summed E-state index contributed by atoms with van der Waals surface area (Å²) in [5.41, 5.74) is 9.79. The minimum atomic E-state index is -4.59. The van der Waals surface area contributed by atoms with Crippen LogP contribution in [-0.4, -0.2) is 35.2 Å². The average molecular weight is 445 g/mol. The molecule has 32 heavy (non-hydrogen) atoms. The van der Waals surface area contributed by atoms with E-state index in [0.29, 0.717) is 22.6 Å². The number of anilines is 2.